The molecule has 0 aliphatic carbocycles. The fraction of sp³-hybridized carbons (Fsp3) is 0.533. The Bertz CT molecular complexity index is 393. The summed E-state index contributed by atoms with van der Waals surface area (Å²) in [5.41, 5.74) is 1.66. The summed E-state index contributed by atoms with van der Waals surface area (Å²) in [6.45, 7) is 6.42. The lowest BCUT2D eigenvalue weighted by Gasteiger charge is -2.13. The lowest BCUT2D eigenvalue weighted by atomic mass is 10.1. The van der Waals surface area contributed by atoms with Crippen LogP contribution in [0, 0.1) is 5.92 Å². The quantitative estimate of drug-likeness (QED) is 0.758. The monoisotopic (exact) mass is 264 g/mol. The Kier molecular flexibility index (Phi) is 6.97. The second-order valence-electron chi connectivity index (χ2n) is 4.78. The summed E-state index contributed by atoms with van der Waals surface area (Å²) in [7, 11) is 1.70. The van der Waals surface area contributed by atoms with Crippen molar-refractivity contribution in [2.45, 2.75) is 20.3 Å². The van der Waals surface area contributed by atoms with Gasteiger partial charge in [-0.25, -0.2) is 0 Å². The number of carbonyl (C=O) groups is 1. The zero-order chi connectivity index (χ0) is 14.1. The lowest BCUT2D eigenvalue weighted by Crippen LogP contribution is -2.24. The minimum Gasteiger partial charge on any atom is -0.385 e. The van der Waals surface area contributed by atoms with Crippen LogP contribution in [0.25, 0.3) is 0 Å². The molecule has 0 aromatic heterocycles. The molecule has 1 aromatic carbocycles. The van der Waals surface area contributed by atoms with E-state index in [9.17, 15) is 4.79 Å². The molecule has 0 aliphatic heterocycles. The largest absolute Gasteiger partial charge is 0.385 e. The van der Waals surface area contributed by atoms with E-state index >= 15 is 0 Å². The first-order valence-corrected chi connectivity index (χ1v) is 6.78. The van der Waals surface area contributed by atoms with Gasteiger partial charge in [0.05, 0.1) is 6.61 Å². The van der Waals surface area contributed by atoms with Crippen LogP contribution in [0.3, 0.4) is 0 Å². The number of benzene rings is 1. The molecule has 4 heteroatoms. The normalized spacial score (nSPS) is 11.9. The van der Waals surface area contributed by atoms with Gasteiger partial charge in [-0.2, -0.15) is 0 Å². The van der Waals surface area contributed by atoms with Gasteiger partial charge in [0.15, 0.2) is 0 Å². The minimum atomic E-state index is -0.0181. The second-order valence-corrected chi connectivity index (χ2v) is 4.78. The number of amides is 1. The third-order valence-corrected chi connectivity index (χ3v) is 2.77. The number of hydrogen-bond donors (Lipinski definition) is 2. The molecule has 1 rings (SSSR count). The maximum Gasteiger partial charge on any atom is 0.251 e. The average Bonchev–Trinajstić information content (AvgIpc) is 2.43. The summed E-state index contributed by atoms with van der Waals surface area (Å²) >= 11 is 0. The zero-order valence-electron chi connectivity index (χ0n) is 12.0. The van der Waals surface area contributed by atoms with E-state index in [0.29, 0.717) is 18.0 Å². The first kappa shape index (κ1) is 15.5. The number of carbonyl (C=O) groups excluding carboxylic acids is 1. The number of rotatable bonds is 8. The van der Waals surface area contributed by atoms with Crippen molar-refractivity contribution in [3.63, 3.8) is 0 Å². The molecule has 106 valence electrons. The number of hydrogen-bond acceptors (Lipinski definition) is 3. The smallest absolute Gasteiger partial charge is 0.251 e. The van der Waals surface area contributed by atoms with Gasteiger partial charge in [0.1, 0.15) is 0 Å². The molecule has 1 atom stereocenters. The van der Waals surface area contributed by atoms with Crippen LogP contribution in [-0.2, 0) is 4.74 Å². The molecular formula is C15H24N2O2. The van der Waals surface area contributed by atoms with Crippen LogP contribution in [-0.4, -0.2) is 32.7 Å². The third-order valence-electron chi connectivity index (χ3n) is 2.77. The van der Waals surface area contributed by atoms with Crippen LogP contribution >= 0.6 is 0 Å². The zero-order valence-corrected chi connectivity index (χ0v) is 12.0. The summed E-state index contributed by atoms with van der Waals surface area (Å²) in [5, 5.41) is 6.19. The molecule has 0 aliphatic rings. The van der Waals surface area contributed by atoms with Gasteiger partial charge in [-0.05, 0) is 30.5 Å². The maximum atomic E-state index is 11.8. The third kappa shape index (κ3) is 5.75. The van der Waals surface area contributed by atoms with E-state index < -0.39 is 0 Å². The molecule has 1 unspecified atom stereocenters. The Balaban J connectivity index is 2.54. The topological polar surface area (TPSA) is 50.4 Å². The molecule has 0 spiro atoms. The molecule has 0 radical (unpaired) electrons. The van der Waals surface area contributed by atoms with Gasteiger partial charge in [-0.15, -0.1) is 0 Å². The summed E-state index contributed by atoms with van der Waals surface area (Å²) in [6, 6.07) is 7.57. The number of nitrogens with one attached hydrogen (secondary N) is 2. The van der Waals surface area contributed by atoms with Crippen LogP contribution in [0.2, 0.25) is 0 Å². The fourth-order valence-electron chi connectivity index (χ4n) is 1.75. The fourth-order valence-corrected chi connectivity index (χ4v) is 1.75. The van der Waals surface area contributed by atoms with Crippen molar-refractivity contribution in [1.29, 1.82) is 0 Å². The Morgan fingerprint density at radius 3 is 2.89 bits per heavy atom. The van der Waals surface area contributed by atoms with E-state index in [4.69, 9.17) is 4.74 Å². The van der Waals surface area contributed by atoms with E-state index in [0.717, 1.165) is 25.3 Å². The highest BCUT2D eigenvalue weighted by molar-refractivity contribution is 5.95. The van der Waals surface area contributed by atoms with Crippen LogP contribution in [0.4, 0.5) is 5.69 Å². The Labute approximate surface area is 115 Å². The van der Waals surface area contributed by atoms with E-state index in [-0.39, 0.29) is 5.91 Å². The Morgan fingerprint density at radius 1 is 1.42 bits per heavy atom. The molecule has 0 fully saturated rings. The van der Waals surface area contributed by atoms with Crippen molar-refractivity contribution >= 4 is 11.6 Å². The average molecular weight is 264 g/mol. The summed E-state index contributed by atoms with van der Waals surface area (Å²) in [5.74, 6) is 0.415. The van der Waals surface area contributed by atoms with Crippen molar-refractivity contribution in [2.24, 2.45) is 5.92 Å². The van der Waals surface area contributed by atoms with Crippen molar-refractivity contribution in [2.75, 3.05) is 32.1 Å². The van der Waals surface area contributed by atoms with Gasteiger partial charge in [0, 0.05) is 31.5 Å². The number of ether oxygens (including phenoxy) is 1. The first-order valence-electron chi connectivity index (χ1n) is 6.78. The molecule has 0 saturated carbocycles. The van der Waals surface area contributed by atoms with Crippen LogP contribution in [0.1, 0.15) is 30.6 Å². The maximum absolute atomic E-state index is 11.8. The molecule has 0 bridgehead atoms. The molecule has 1 aromatic rings. The summed E-state index contributed by atoms with van der Waals surface area (Å²) in [4.78, 5) is 11.8. The van der Waals surface area contributed by atoms with Gasteiger partial charge in [0.2, 0.25) is 0 Å². The van der Waals surface area contributed by atoms with Crippen LogP contribution in [0.5, 0.6) is 0 Å². The van der Waals surface area contributed by atoms with Gasteiger partial charge in [-0.3, -0.25) is 4.79 Å². The summed E-state index contributed by atoms with van der Waals surface area (Å²) in [6.07, 6.45) is 0.943. The van der Waals surface area contributed by atoms with E-state index in [2.05, 4.69) is 17.6 Å². The highest BCUT2D eigenvalue weighted by atomic mass is 16.5. The second kappa shape index (κ2) is 8.53. The van der Waals surface area contributed by atoms with Gasteiger partial charge >= 0.3 is 0 Å². The van der Waals surface area contributed by atoms with Gasteiger partial charge in [-0.1, -0.05) is 19.9 Å². The SMILES string of the molecule is CCCNC(=O)c1cccc(NCC(C)COC)c1. The van der Waals surface area contributed by atoms with Crippen molar-refractivity contribution < 1.29 is 9.53 Å². The minimum absolute atomic E-state index is 0.0181. The number of anilines is 1. The van der Waals surface area contributed by atoms with Crippen molar-refractivity contribution in [3.8, 4) is 0 Å². The standard InChI is InChI=1S/C15H24N2O2/c1-4-8-16-15(18)13-6-5-7-14(9-13)17-10-12(2)11-19-3/h5-7,9,12,17H,4,8,10-11H2,1-3H3,(H,16,18). The predicted molar refractivity (Wildman–Crippen MR) is 78.6 cm³/mol. The molecule has 4 nitrogen and oxygen atoms in total. The molecule has 19 heavy (non-hydrogen) atoms. The Morgan fingerprint density at radius 2 is 2.21 bits per heavy atom. The summed E-state index contributed by atoms with van der Waals surface area (Å²) < 4.78 is 5.09. The first-order chi connectivity index (χ1) is 9.17. The van der Waals surface area contributed by atoms with Gasteiger partial charge in [0.25, 0.3) is 5.91 Å². The highest BCUT2D eigenvalue weighted by Crippen LogP contribution is 2.11. The predicted octanol–water partition coefficient (Wildman–Crippen LogP) is 2.52. The van der Waals surface area contributed by atoms with Crippen LogP contribution in [0.15, 0.2) is 24.3 Å². The molecule has 2 N–H and O–H groups in total. The van der Waals surface area contributed by atoms with Crippen LogP contribution < -0.4 is 10.6 Å². The van der Waals surface area contributed by atoms with Gasteiger partial charge < -0.3 is 15.4 Å². The van der Waals surface area contributed by atoms with Crippen molar-refractivity contribution in [3.05, 3.63) is 29.8 Å². The molecule has 0 saturated heterocycles. The Hall–Kier alpha value is -1.55. The van der Waals surface area contributed by atoms with E-state index in [1.54, 1.807) is 7.11 Å². The molecule has 1 amide bonds. The highest BCUT2D eigenvalue weighted by Gasteiger charge is 2.06. The van der Waals surface area contributed by atoms with Crippen molar-refractivity contribution in [1.82, 2.24) is 5.32 Å². The molecule has 0 heterocycles. The molecular weight excluding hydrogens is 240 g/mol. The van der Waals surface area contributed by atoms with E-state index in [1.165, 1.54) is 0 Å². The van der Waals surface area contributed by atoms with E-state index in [1.807, 2.05) is 31.2 Å². The number of methoxy groups -OCH3 is 1. The lowest BCUT2D eigenvalue weighted by molar-refractivity contribution is 0.0953.